The van der Waals surface area contributed by atoms with E-state index >= 15 is 4.39 Å². The van der Waals surface area contributed by atoms with Crippen molar-refractivity contribution in [3.63, 3.8) is 0 Å². The fourth-order valence-corrected chi connectivity index (χ4v) is 8.57. The maximum absolute atomic E-state index is 15.3. The zero-order chi connectivity index (χ0) is 62.0. The van der Waals surface area contributed by atoms with Gasteiger partial charge in [0.05, 0.1) is 86.8 Å². The number of cyclic esters (lactones) is 1. The van der Waals surface area contributed by atoms with Crippen LogP contribution in [0.1, 0.15) is 43.7 Å². The molecule has 31 nitrogen and oxygen atoms in total. The average molecular weight is 1200 g/mol. The summed E-state index contributed by atoms with van der Waals surface area (Å²) in [5, 5.41) is 85.3. The first kappa shape index (κ1) is 63.1. The Labute approximate surface area is 488 Å². The summed E-state index contributed by atoms with van der Waals surface area (Å²) in [5.41, 5.74) is -0.449. The molecule has 3 heterocycles. The van der Waals surface area contributed by atoms with E-state index in [4.69, 9.17) is 14.2 Å². The molecule has 13 N–H and O–H groups in total. The molecule has 9 amide bonds. The quantitative estimate of drug-likeness (QED) is 0.0207. The number of nitrogens with one attached hydrogen (secondary N) is 7. The molecule has 5 aromatic rings. The van der Waals surface area contributed by atoms with Gasteiger partial charge >= 0.3 is 6.09 Å². The number of carbonyl (C=O) groups is 9. The van der Waals surface area contributed by atoms with E-state index in [1.54, 1.807) is 21.9 Å². The highest BCUT2D eigenvalue weighted by molar-refractivity contribution is 6.02. The number of carbonyl (C=O) groups excluding carboxylic acids is 9. The molecule has 32 heteroatoms. The monoisotopic (exact) mass is 1200 g/mol. The van der Waals surface area contributed by atoms with Crippen molar-refractivity contribution in [3.05, 3.63) is 107 Å². The molecule has 2 saturated heterocycles. The molecule has 458 valence electrons. The van der Waals surface area contributed by atoms with Crippen LogP contribution in [-0.2, 0) is 51.3 Å². The van der Waals surface area contributed by atoms with Crippen LogP contribution in [0.5, 0.6) is 34.5 Å². The Balaban J connectivity index is 0.860. The van der Waals surface area contributed by atoms with E-state index in [1.165, 1.54) is 53.0 Å². The molecule has 1 aromatic heterocycles. The molecule has 86 heavy (non-hydrogen) atoms. The Morgan fingerprint density at radius 1 is 0.686 bits per heavy atom. The number of phenols is 6. The topological polar surface area (TPSA) is 427 Å². The first-order valence-electron chi connectivity index (χ1n) is 26.5. The van der Waals surface area contributed by atoms with Crippen molar-refractivity contribution in [2.24, 2.45) is 0 Å². The number of amides is 9. The largest absolute Gasteiger partial charge is 0.504 e. The second-order valence-corrected chi connectivity index (χ2v) is 19.2. The summed E-state index contributed by atoms with van der Waals surface area (Å²) in [7, 11) is 0. The third kappa shape index (κ3) is 17.1. The van der Waals surface area contributed by atoms with Crippen molar-refractivity contribution in [2.45, 2.75) is 38.2 Å². The SMILES string of the molecule is CC(=O)NC[C@H]1CN(c2ccc(N3CCN(C(=O)COCCOCCn4cc(CNC(=O)C(CNC(=O)C(CNC(=O)CNC(=O)c5cccc(O)c5O)NC(=O)c5cccc(O)c5O)NC(=O)c5cccc(O)c5O)nn4)CC3)c(F)c2)C(=O)O1. The van der Waals surface area contributed by atoms with Crippen LogP contribution in [0.4, 0.5) is 20.6 Å². The molecule has 4 aromatic carbocycles. The van der Waals surface area contributed by atoms with Gasteiger partial charge in [0.1, 0.15) is 36.3 Å². The summed E-state index contributed by atoms with van der Waals surface area (Å²) in [6, 6.07) is 11.5. The van der Waals surface area contributed by atoms with Crippen LogP contribution < -0.4 is 47.0 Å². The third-order valence-corrected chi connectivity index (χ3v) is 13.2. The van der Waals surface area contributed by atoms with E-state index in [0.717, 1.165) is 30.3 Å². The summed E-state index contributed by atoms with van der Waals surface area (Å²) in [4.78, 5) is 121. The first-order chi connectivity index (χ1) is 41.2. The molecule has 2 fully saturated rings. The van der Waals surface area contributed by atoms with Crippen LogP contribution in [0.25, 0.3) is 0 Å². The van der Waals surface area contributed by atoms with Crippen molar-refractivity contribution >= 4 is 64.7 Å². The van der Waals surface area contributed by atoms with E-state index in [2.05, 4.69) is 47.5 Å². The lowest BCUT2D eigenvalue weighted by Crippen LogP contribution is -2.57. The number of aromatic nitrogens is 3. The number of anilines is 2. The van der Waals surface area contributed by atoms with Crippen molar-refractivity contribution in [1.29, 1.82) is 0 Å². The Bertz CT molecular complexity index is 3320. The van der Waals surface area contributed by atoms with Gasteiger partial charge in [-0.3, -0.25) is 43.3 Å². The van der Waals surface area contributed by atoms with Gasteiger partial charge < -0.3 is 91.9 Å². The summed E-state index contributed by atoms with van der Waals surface area (Å²) in [6.45, 7) is 0.807. The number of hydrogen-bond donors (Lipinski definition) is 13. The lowest BCUT2D eigenvalue weighted by molar-refractivity contribution is -0.137. The number of benzene rings is 4. The number of para-hydroxylation sites is 3. The summed E-state index contributed by atoms with van der Waals surface area (Å²) < 4.78 is 33.2. The average Bonchev–Trinajstić information content (AvgIpc) is 2.43. The van der Waals surface area contributed by atoms with E-state index < -0.39 is 131 Å². The third-order valence-electron chi connectivity index (χ3n) is 13.2. The van der Waals surface area contributed by atoms with Crippen molar-refractivity contribution in [1.82, 2.24) is 57.1 Å². The fraction of sp³-hybridized carbons (Fsp3) is 0.352. The van der Waals surface area contributed by atoms with E-state index in [1.807, 2.05) is 0 Å². The number of aromatic hydroxyl groups is 6. The minimum atomic E-state index is -1.72. The molecule has 0 bridgehead atoms. The van der Waals surface area contributed by atoms with Gasteiger partial charge in [0, 0.05) is 46.2 Å². The predicted molar refractivity (Wildman–Crippen MR) is 295 cm³/mol. The Hall–Kier alpha value is -10.5. The number of ether oxygens (including phenoxy) is 3. The molecule has 7 rings (SSSR count). The Morgan fingerprint density at radius 3 is 1.85 bits per heavy atom. The van der Waals surface area contributed by atoms with Gasteiger partial charge in [-0.1, -0.05) is 23.4 Å². The molecule has 2 aliphatic heterocycles. The predicted octanol–water partition coefficient (Wildman–Crippen LogP) is -1.63. The molecule has 0 radical (unpaired) electrons. The summed E-state index contributed by atoms with van der Waals surface area (Å²) in [5.74, 6) is -11.5. The summed E-state index contributed by atoms with van der Waals surface area (Å²) in [6.07, 6.45) is 0.258. The molecule has 0 aliphatic carbocycles. The van der Waals surface area contributed by atoms with Gasteiger partial charge in [0.2, 0.25) is 29.5 Å². The highest BCUT2D eigenvalue weighted by Gasteiger charge is 2.34. The maximum Gasteiger partial charge on any atom is 0.414 e. The molecular formula is C54H62FN13O18. The van der Waals surface area contributed by atoms with Crippen LogP contribution in [-0.4, -0.2) is 207 Å². The second kappa shape index (κ2) is 29.7. The molecule has 2 aliphatic rings. The molecular weight excluding hydrogens is 1140 g/mol. The standard InChI is InChI=1S/C54H62FN13O18/c1-30(69)56-23-33-28-68(54(83)86-33)32-11-12-40(37(55)21-32)65-13-15-66(16-14-65)45(74)29-85-20-19-84-18-17-67-27-31(63-64-67)22-58-52(81)39(62-51(80)36-7-4-10-43(72)48(36)77)25-59-53(82)38(61-50(79)35-6-3-9-42(71)47(35)76)24-57-44(73)26-60-49(78)34-5-2-8-41(70)46(34)75/h2-12,21,27,33,38-39,70-72,75-77H,13-20,22-26,28-29H2,1H3,(H,56,69)(H,57,73)(H,58,81)(H,59,82)(H,60,78)(H,61,79)(H,62,80)/t33-,38?,39?/m0/s1. The van der Waals surface area contributed by atoms with Crippen molar-refractivity contribution in [3.8, 4) is 34.5 Å². The van der Waals surface area contributed by atoms with Gasteiger partial charge in [-0.25, -0.2) is 13.9 Å². The molecule has 0 saturated carbocycles. The highest BCUT2D eigenvalue weighted by Crippen LogP contribution is 2.31. The van der Waals surface area contributed by atoms with Gasteiger partial charge in [-0.05, 0) is 54.6 Å². The minimum Gasteiger partial charge on any atom is -0.504 e. The Kier molecular flexibility index (Phi) is 21.8. The molecule has 0 spiro atoms. The maximum atomic E-state index is 15.3. The zero-order valence-electron chi connectivity index (χ0n) is 46.0. The second-order valence-electron chi connectivity index (χ2n) is 19.2. The van der Waals surface area contributed by atoms with E-state index in [-0.39, 0.29) is 75.7 Å². The van der Waals surface area contributed by atoms with E-state index in [9.17, 15) is 73.8 Å². The van der Waals surface area contributed by atoms with Crippen LogP contribution in [0.3, 0.4) is 0 Å². The van der Waals surface area contributed by atoms with Crippen molar-refractivity contribution < 1.29 is 92.4 Å². The number of phenolic OH excluding ortho intramolecular Hbond substituents is 6. The number of rotatable bonds is 27. The fourth-order valence-electron chi connectivity index (χ4n) is 8.57. The van der Waals surface area contributed by atoms with Crippen molar-refractivity contribution in [2.75, 3.05) is 95.1 Å². The minimum absolute atomic E-state index is 0.0762. The van der Waals surface area contributed by atoms with Gasteiger partial charge in [0.25, 0.3) is 17.7 Å². The molecule has 2 unspecified atom stereocenters. The van der Waals surface area contributed by atoms with Gasteiger partial charge in [-0.15, -0.1) is 5.10 Å². The highest BCUT2D eigenvalue weighted by atomic mass is 19.1. The lowest BCUT2D eigenvalue weighted by atomic mass is 10.1. The number of hydrogen-bond acceptors (Lipinski definition) is 21. The number of piperazine rings is 1. The number of nitrogens with zero attached hydrogens (tertiary/aromatic N) is 6. The summed E-state index contributed by atoms with van der Waals surface area (Å²) >= 11 is 0. The zero-order valence-corrected chi connectivity index (χ0v) is 46.0. The Morgan fingerprint density at radius 2 is 1.26 bits per heavy atom. The smallest absolute Gasteiger partial charge is 0.414 e. The molecule has 3 atom stereocenters. The lowest BCUT2D eigenvalue weighted by Gasteiger charge is -2.36. The normalized spacial score (nSPS) is 14.5. The van der Waals surface area contributed by atoms with Crippen LogP contribution in [0, 0.1) is 5.82 Å². The van der Waals surface area contributed by atoms with Crippen LogP contribution in [0.2, 0.25) is 0 Å². The first-order valence-corrected chi connectivity index (χ1v) is 26.5. The van der Waals surface area contributed by atoms with Crippen LogP contribution >= 0.6 is 0 Å². The van der Waals surface area contributed by atoms with Crippen LogP contribution in [0.15, 0.2) is 79.0 Å². The van der Waals surface area contributed by atoms with E-state index in [0.29, 0.717) is 37.6 Å². The number of halogens is 1. The van der Waals surface area contributed by atoms with Gasteiger partial charge in [-0.2, -0.15) is 0 Å². The van der Waals surface area contributed by atoms with Gasteiger partial charge in [0.15, 0.2) is 34.5 Å².